The zero-order chi connectivity index (χ0) is 12.6. The van der Waals surface area contributed by atoms with Gasteiger partial charge in [-0.05, 0) is 43.0 Å². The van der Waals surface area contributed by atoms with Gasteiger partial charge in [0.2, 0.25) is 0 Å². The summed E-state index contributed by atoms with van der Waals surface area (Å²) in [6, 6.07) is 6.06. The zero-order valence-electron chi connectivity index (χ0n) is 10.8. The lowest BCUT2D eigenvalue weighted by Crippen LogP contribution is -2.47. The number of rotatable bonds is 2. The highest BCUT2D eigenvalue weighted by atomic mass is 16.5. The number of nitrogens with one attached hydrogen (secondary N) is 1. The molecule has 1 N–H and O–H groups in total. The van der Waals surface area contributed by atoms with Gasteiger partial charge < -0.3 is 10.1 Å². The maximum atomic E-state index is 11.7. The van der Waals surface area contributed by atoms with Crippen molar-refractivity contribution in [1.82, 2.24) is 5.32 Å². The number of fused-ring (bicyclic) bond motifs is 2. The summed E-state index contributed by atoms with van der Waals surface area (Å²) in [5.74, 6) is -0.214. The van der Waals surface area contributed by atoms with Gasteiger partial charge in [-0.2, -0.15) is 0 Å². The molecule has 1 aromatic carbocycles. The molecule has 3 nitrogen and oxygen atoms in total. The Morgan fingerprint density at radius 3 is 2.94 bits per heavy atom. The highest BCUT2D eigenvalue weighted by molar-refractivity contribution is 5.89. The lowest BCUT2D eigenvalue weighted by molar-refractivity contribution is 0.0526. The van der Waals surface area contributed by atoms with Crippen LogP contribution in [0.1, 0.15) is 47.7 Å². The number of hydrogen-bond donors (Lipinski definition) is 1. The molecule has 0 amide bonds. The SMILES string of the molecule is CCOC(=O)c1ccc2c(c1)CNCC21CCC1. The maximum absolute atomic E-state index is 11.7. The molecule has 96 valence electrons. The standard InChI is InChI=1S/C15H19NO2/c1-2-18-14(17)11-4-5-13-12(8-11)9-16-10-15(13)6-3-7-15/h4-5,8,16H,2-3,6-7,9-10H2,1H3. The van der Waals surface area contributed by atoms with Gasteiger partial charge in [0.1, 0.15) is 0 Å². The van der Waals surface area contributed by atoms with E-state index < -0.39 is 0 Å². The van der Waals surface area contributed by atoms with Crippen LogP contribution in [0.25, 0.3) is 0 Å². The fourth-order valence-corrected chi connectivity index (χ4v) is 3.18. The fraction of sp³-hybridized carbons (Fsp3) is 0.533. The maximum Gasteiger partial charge on any atom is 0.338 e. The molecule has 1 saturated carbocycles. The summed E-state index contributed by atoms with van der Waals surface area (Å²) in [6.45, 7) is 4.21. The van der Waals surface area contributed by atoms with Gasteiger partial charge in [0, 0.05) is 18.5 Å². The van der Waals surface area contributed by atoms with Crippen molar-refractivity contribution in [2.45, 2.75) is 38.1 Å². The van der Waals surface area contributed by atoms with Crippen LogP contribution in [-0.4, -0.2) is 19.1 Å². The highest BCUT2D eigenvalue weighted by Gasteiger charge is 2.41. The molecule has 1 aromatic rings. The summed E-state index contributed by atoms with van der Waals surface area (Å²) >= 11 is 0. The van der Waals surface area contributed by atoms with Crippen LogP contribution in [0.5, 0.6) is 0 Å². The summed E-state index contributed by atoms with van der Waals surface area (Å²) in [4.78, 5) is 11.7. The number of hydrogen-bond acceptors (Lipinski definition) is 3. The van der Waals surface area contributed by atoms with E-state index in [9.17, 15) is 4.79 Å². The minimum Gasteiger partial charge on any atom is -0.462 e. The van der Waals surface area contributed by atoms with Gasteiger partial charge in [-0.25, -0.2) is 4.79 Å². The largest absolute Gasteiger partial charge is 0.462 e. The van der Waals surface area contributed by atoms with E-state index in [1.165, 1.54) is 30.4 Å². The van der Waals surface area contributed by atoms with Crippen LogP contribution in [0, 0.1) is 0 Å². The van der Waals surface area contributed by atoms with Gasteiger partial charge in [-0.15, -0.1) is 0 Å². The Kier molecular flexibility index (Phi) is 2.86. The van der Waals surface area contributed by atoms with E-state index in [1.54, 1.807) is 0 Å². The van der Waals surface area contributed by atoms with Crippen LogP contribution in [0.3, 0.4) is 0 Å². The minimum absolute atomic E-state index is 0.214. The molecule has 1 spiro atoms. The van der Waals surface area contributed by atoms with Gasteiger partial charge >= 0.3 is 5.97 Å². The van der Waals surface area contributed by atoms with Gasteiger partial charge in [0.15, 0.2) is 0 Å². The summed E-state index contributed by atoms with van der Waals surface area (Å²) in [5, 5.41) is 3.48. The molecule has 1 heterocycles. The molecule has 18 heavy (non-hydrogen) atoms. The topological polar surface area (TPSA) is 38.3 Å². The Hall–Kier alpha value is -1.35. The van der Waals surface area contributed by atoms with Gasteiger partial charge in [-0.3, -0.25) is 0 Å². The number of ether oxygens (including phenoxy) is 1. The normalized spacial score (nSPS) is 20.1. The highest BCUT2D eigenvalue weighted by Crippen LogP contribution is 2.46. The van der Waals surface area contributed by atoms with E-state index in [0.717, 1.165) is 13.1 Å². The summed E-state index contributed by atoms with van der Waals surface area (Å²) < 4.78 is 5.05. The van der Waals surface area contributed by atoms with Gasteiger partial charge in [0.25, 0.3) is 0 Å². The van der Waals surface area contributed by atoms with E-state index in [0.29, 0.717) is 17.6 Å². The number of esters is 1. The van der Waals surface area contributed by atoms with Crippen LogP contribution in [-0.2, 0) is 16.7 Å². The molecular formula is C15H19NO2. The summed E-state index contributed by atoms with van der Waals surface area (Å²) in [6.07, 6.45) is 3.86. The monoisotopic (exact) mass is 245 g/mol. The Labute approximate surface area is 108 Å². The molecule has 0 bridgehead atoms. The molecule has 1 aliphatic carbocycles. The first kappa shape index (κ1) is 11.7. The van der Waals surface area contributed by atoms with Crippen LogP contribution < -0.4 is 5.32 Å². The Bertz CT molecular complexity index is 477. The molecule has 0 atom stereocenters. The first-order chi connectivity index (χ1) is 8.75. The minimum atomic E-state index is -0.214. The van der Waals surface area contributed by atoms with Crippen LogP contribution >= 0.6 is 0 Å². The van der Waals surface area contributed by atoms with Crippen LogP contribution in [0.15, 0.2) is 18.2 Å². The molecule has 0 saturated heterocycles. The Balaban J connectivity index is 1.93. The molecule has 0 radical (unpaired) electrons. The predicted molar refractivity (Wildman–Crippen MR) is 69.6 cm³/mol. The van der Waals surface area contributed by atoms with E-state index in [4.69, 9.17) is 4.74 Å². The van der Waals surface area contributed by atoms with E-state index in [-0.39, 0.29) is 5.97 Å². The van der Waals surface area contributed by atoms with Crippen molar-refractivity contribution in [2.24, 2.45) is 0 Å². The van der Waals surface area contributed by atoms with E-state index in [2.05, 4.69) is 11.4 Å². The van der Waals surface area contributed by atoms with Crippen molar-refractivity contribution >= 4 is 5.97 Å². The molecule has 1 fully saturated rings. The number of benzene rings is 1. The molecule has 1 aliphatic heterocycles. The third-order valence-electron chi connectivity index (χ3n) is 4.28. The second-order valence-electron chi connectivity index (χ2n) is 5.33. The van der Waals surface area contributed by atoms with E-state index in [1.807, 2.05) is 19.1 Å². The van der Waals surface area contributed by atoms with Crippen molar-refractivity contribution < 1.29 is 9.53 Å². The fourth-order valence-electron chi connectivity index (χ4n) is 3.18. The zero-order valence-corrected chi connectivity index (χ0v) is 10.8. The molecular weight excluding hydrogens is 226 g/mol. The lowest BCUT2D eigenvalue weighted by Gasteiger charge is -2.46. The summed E-state index contributed by atoms with van der Waals surface area (Å²) in [7, 11) is 0. The molecule has 0 aromatic heterocycles. The third kappa shape index (κ3) is 1.74. The van der Waals surface area contributed by atoms with Crippen molar-refractivity contribution in [2.75, 3.05) is 13.2 Å². The number of carbonyl (C=O) groups is 1. The average molecular weight is 245 g/mol. The second kappa shape index (κ2) is 4.39. The first-order valence-electron chi connectivity index (χ1n) is 6.76. The second-order valence-corrected chi connectivity index (χ2v) is 5.33. The number of carbonyl (C=O) groups excluding carboxylic acids is 1. The molecule has 2 aliphatic rings. The van der Waals surface area contributed by atoms with Gasteiger partial charge in [0.05, 0.1) is 12.2 Å². The van der Waals surface area contributed by atoms with Crippen molar-refractivity contribution in [1.29, 1.82) is 0 Å². The van der Waals surface area contributed by atoms with Crippen molar-refractivity contribution in [3.63, 3.8) is 0 Å². The Morgan fingerprint density at radius 1 is 1.44 bits per heavy atom. The third-order valence-corrected chi connectivity index (χ3v) is 4.28. The van der Waals surface area contributed by atoms with E-state index >= 15 is 0 Å². The molecule has 0 unspecified atom stereocenters. The van der Waals surface area contributed by atoms with Crippen LogP contribution in [0.4, 0.5) is 0 Å². The van der Waals surface area contributed by atoms with Crippen LogP contribution in [0.2, 0.25) is 0 Å². The smallest absolute Gasteiger partial charge is 0.338 e. The van der Waals surface area contributed by atoms with Crippen molar-refractivity contribution in [3.05, 3.63) is 34.9 Å². The first-order valence-corrected chi connectivity index (χ1v) is 6.76. The lowest BCUT2D eigenvalue weighted by atomic mass is 9.62. The predicted octanol–water partition coefficient (Wildman–Crippen LogP) is 2.39. The average Bonchev–Trinajstić information content (AvgIpc) is 2.35. The summed E-state index contributed by atoms with van der Waals surface area (Å²) in [5.41, 5.74) is 3.74. The van der Waals surface area contributed by atoms with Crippen molar-refractivity contribution in [3.8, 4) is 0 Å². The quantitative estimate of drug-likeness (QED) is 0.813. The van der Waals surface area contributed by atoms with Gasteiger partial charge in [-0.1, -0.05) is 12.5 Å². The molecule has 3 rings (SSSR count). The Morgan fingerprint density at radius 2 is 2.28 bits per heavy atom. The molecule has 3 heteroatoms.